The number of hydrogen-bond donors (Lipinski definition) is 2. The Morgan fingerprint density at radius 3 is 2.33 bits per heavy atom. The van der Waals surface area contributed by atoms with Crippen LogP contribution in [0, 0.1) is 6.92 Å². The van der Waals surface area contributed by atoms with Gasteiger partial charge in [-0.1, -0.05) is 29.8 Å². The van der Waals surface area contributed by atoms with Crippen molar-refractivity contribution >= 4 is 38.9 Å². The Balaban J connectivity index is 1.95. The SMILES string of the molecule is COc1ccc(S(=O)(=O)Nc2cc(C(F)(F)F)ccc2Cl)cc1NC(=O)c1ccccc1C. The van der Waals surface area contributed by atoms with E-state index in [0.29, 0.717) is 17.2 Å². The number of methoxy groups -OCH3 is 1. The number of hydrogen-bond acceptors (Lipinski definition) is 4. The molecule has 0 unspecified atom stereocenters. The van der Waals surface area contributed by atoms with Gasteiger partial charge in [-0.15, -0.1) is 0 Å². The van der Waals surface area contributed by atoms with Gasteiger partial charge in [0.25, 0.3) is 15.9 Å². The summed E-state index contributed by atoms with van der Waals surface area (Å²) in [5.74, 6) is -0.303. The summed E-state index contributed by atoms with van der Waals surface area (Å²) in [5, 5.41) is 2.39. The Morgan fingerprint density at radius 1 is 1.00 bits per heavy atom. The minimum atomic E-state index is -4.68. The molecule has 0 atom stereocenters. The van der Waals surface area contributed by atoms with Crippen LogP contribution in [0.4, 0.5) is 24.5 Å². The van der Waals surface area contributed by atoms with Crippen LogP contribution in [-0.2, 0) is 16.2 Å². The van der Waals surface area contributed by atoms with E-state index in [4.69, 9.17) is 16.3 Å². The maximum Gasteiger partial charge on any atom is 0.416 e. The molecule has 174 valence electrons. The lowest BCUT2D eigenvalue weighted by molar-refractivity contribution is -0.137. The average Bonchev–Trinajstić information content (AvgIpc) is 2.74. The minimum absolute atomic E-state index is 0.0590. The fraction of sp³-hybridized carbons (Fsp3) is 0.136. The first-order chi connectivity index (χ1) is 15.4. The average molecular weight is 499 g/mol. The highest BCUT2D eigenvalue weighted by molar-refractivity contribution is 7.92. The van der Waals surface area contributed by atoms with Crippen LogP contribution in [-0.4, -0.2) is 21.4 Å². The van der Waals surface area contributed by atoms with Crippen LogP contribution < -0.4 is 14.8 Å². The highest BCUT2D eigenvalue weighted by Crippen LogP contribution is 2.35. The fourth-order valence-corrected chi connectivity index (χ4v) is 4.27. The monoisotopic (exact) mass is 498 g/mol. The quantitative estimate of drug-likeness (QED) is 0.454. The first kappa shape index (κ1) is 24.4. The zero-order valence-electron chi connectivity index (χ0n) is 17.3. The lowest BCUT2D eigenvalue weighted by Gasteiger charge is -2.15. The van der Waals surface area contributed by atoms with Gasteiger partial charge in [-0.3, -0.25) is 9.52 Å². The normalized spacial score (nSPS) is 11.7. The van der Waals surface area contributed by atoms with Crippen molar-refractivity contribution in [1.82, 2.24) is 0 Å². The third-order valence-corrected chi connectivity index (χ3v) is 6.35. The molecule has 6 nitrogen and oxygen atoms in total. The van der Waals surface area contributed by atoms with Gasteiger partial charge in [0.05, 0.1) is 34.0 Å². The van der Waals surface area contributed by atoms with Gasteiger partial charge in [0.2, 0.25) is 0 Å². The standard InChI is InChI=1S/C22H18ClF3N2O4S/c1-13-5-3-4-6-16(13)21(29)27-19-12-15(8-10-20(19)32-2)33(30,31)28-18-11-14(22(24,25)26)7-9-17(18)23/h3-12,28H,1-2H3,(H,27,29). The van der Waals surface area contributed by atoms with Gasteiger partial charge in [-0.05, 0) is 55.0 Å². The third kappa shape index (κ3) is 5.58. The minimum Gasteiger partial charge on any atom is -0.495 e. The number of carbonyl (C=O) groups excluding carboxylic acids is 1. The van der Waals surface area contributed by atoms with Crippen molar-refractivity contribution in [3.05, 3.63) is 82.4 Å². The number of aryl methyl sites for hydroxylation is 1. The molecule has 0 aliphatic heterocycles. The van der Waals surface area contributed by atoms with E-state index >= 15 is 0 Å². The second-order valence-electron chi connectivity index (χ2n) is 6.93. The topological polar surface area (TPSA) is 84.5 Å². The Morgan fingerprint density at radius 2 is 1.70 bits per heavy atom. The van der Waals surface area contributed by atoms with E-state index in [1.807, 2.05) is 0 Å². The lowest BCUT2D eigenvalue weighted by Crippen LogP contribution is -2.17. The molecule has 11 heteroatoms. The number of anilines is 2. The highest BCUT2D eigenvalue weighted by Gasteiger charge is 2.31. The Labute approximate surface area is 193 Å². The van der Waals surface area contributed by atoms with E-state index in [1.54, 1.807) is 31.2 Å². The lowest BCUT2D eigenvalue weighted by atomic mass is 10.1. The molecule has 0 fully saturated rings. The number of carbonyl (C=O) groups is 1. The van der Waals surface area contributed by atoms with Gasteiger partial charge in [0, 0.05) is 5.56 Å². The van der Waals surface area contributed by atoms with Crippen LogP contribution >= 0.6 is 11.6 Å². The van der Waals surface area contributed by atoms with Crippen LogP contribution in [0.15, 0.2) is 65.6 Å². The summed E-state index contributed by atoms with van der Waals surface area (Å²) in [6.45, 7) is 1.75. The predicted octanol–water partition coefficient (Wildman–Crippen LogP) is 5.73. The second-order valence-corrected chi connectivity index (χ2v) is 9.02. The summed E-state index contributed by atoms with van der Waals surface area (Å²) < 4.78 is 72.0. The maximum atomic E-state index is 13.0. The molecule has 0 aromatic heterocycles. The van der Waals surface area contributed by atoms with Crippen molar-refractivity contribution in [2.45, 2.75) is 18.0 Å². The number of rotatable bonds is 6. The van der Waals surface area contributed by atoms with Crippen molar-refractivity contribution in [1.29, 1.82) is 0 Å². The molecular formula is C22H18ClF3N2O4S. The highest BCUT2D eigenvalue weighted by atomic mass is 35.5. The van der Waals surface area contributed by atoms with E-state index in [1.165, 1.54) is 19.2 Å². The molecule has 33 heavy (non-hydrogen) atoms. The summed E-state index contributed by atoms with van der Waals surface area (Å²) in [5.41, 5.74) is -0.359. The molecule has 0 radical (unpaired) electrons. The molecule has 3 aromatic carbocycles. The number of amides is 1. The number of ether oxygens (including phenoxy) is 1. The number of nitrogens with one attached hydrogen (secondary N) is 2. The van der Waals surface area contributed by atoms with Crippen molar-refractivity contribution in [3.63, 3.8) is 0 Å². The van der Waals surface area contributed by atoms with Gasteiger partial charge in [-0.2, -0.15) is 13.2 Å². The predicted molar refractivity (Wildman–Crippen MR) is 119 cm³/mol. The second kappa shape index (κ2) is 9.32. The Bertz CT molecular complexity index is 1310. The van der Waals surface area contributed by atoms with Crippen LogP contribution in [0.3, 0.4) is 0 Å². The molecule has 3 rings (SSSR count). The molecule has 2 N–H and O–H groups in total. The van der Waals surface area contributed by atoms with Gasteiger partial charge in [-0.25, -0.2) is 8.42 Å². The molecule has 0 aliphatic carbocycles. The first-order valence-corrected chi connectivity index (χ1v) is 11.2. The van der Waals surface area contributed by atoms with Crippen LogP contribution in [0.2, 0.25) is 5.02 Å². The Kier molecular flexibility index (Phi) is 6.89. The van der Waals surface area contributed by atoms with E-state index in [2.05, 4.69) is 10.0 Å². The molecule has 3 aromatic rings. The van der Waals surface area contributed by atoms with Crippen molar-refractivity contribution < 1.29 is 31.1 Å². The van der Waals surface area contributed by atoms with E-state index in [9.17, 15) is 26.4 Å². The number of sulfonamides is 1. The summed E-state index contributed by atoms with van der Waals surface area (Å²) >= 11 is 5.90. The van der Waals surface area contributed by atoms with Crippen LogP contribution in [0.5, 0.6) is 5.75 Å². The fourth-order valence-electron chi connectivity index (χ4n) is 2.95. The molecule has 0 saturated carbocycles. The van der Waals surface area contributed by atoms with Crippen molar-refractivity contribution in [2.24, 2.45) is 0 Å². The van der Waals surface area contributed by atoms with E-state index < -0.39 is 33.4 Å². The van der Waals surface area contributed by atoms with Crippen molar-refractivity contribution in [2.75, 3.05) is 17.1 Å². The summed E-state index contributed by atoms with van der Waals surface area (Å²) in [6.07, 6.45) is -4.68. The van der Waals surface area contributed by atoms with Crippen LogP contribution in [0.1, 0.15) is 21.5 Å². The third-order valence-electron chi connectivity index (χ3n) is 4.66. The number of alkyl halides is 3. The summed E-state index contributed by atoms with van der Waals surface area (Å²) in [6, 6.07) is 12.7. The molecule has 0 heterocycles. The maximum absolute atomic E-state index is 13.0. The number of benzene rings is 3. The largest absolute Gasteiger partial charge is 0.495 e. The number of halogens is 4. The van der Waals surface area contributed by atoms with Crippen LogP contribution in [0.25, 0.3) is 0 Å². The van der Waals surface area contributed by atoms with Gasteiger partial charge in [0.1, 0.15) is 5.75 Å². The molecular weight excluding hydrogens is 481 g/mol. The Hall–Kier alpha value is -3.24. The van der Waals surface area contributed by atoms with Gasteiger partial charge < -0.3 is 10.1 Å². The van der Waals surface area contributed by atoms with Gasteiger partial charge >= 0.3 is 6.18 Å². The zero-order chi connectivity index (χ0) is 24.4. The van der Waals surface area contributed by atoms with Crippen molar-refractivity contribution in [3.8, 4) is 5.75 Å². The molecule has 0 spiro atoms. The van der Waals surface area contributed by atoms with Gasteiger partial charge in [0.15, 0.2) is 0 Å². The zero-order valence-corrected chi connectivity index (χ0v) is 18.9. The molecule has 1 amide bonds. The first-order valence-electron chi connectivity index (χ1n) is 9.37. The van der Waals surface area contributed by atoms with E-state index in [0.717, 1.165) is 18.2 Å². The summed E-state index contributed by atoms with van der Waals surface area (Å²) in [4.78, 5) is 12.4. The smallest absolute Gasteiger partial charge is 0.416 e. The molecule has 0 aliphatic rings. The van der Waals surface area contributed by atoms with E-state index in [-0.39, 0.29) is 21.4 Å². The summed E-state index contributed by atoms with van der Waals surface area (Å²) in [7, 11) is -3.02. The molecule has 0 bridgehead atoms. The molecule has 0 saturated heterocycles.